The first-order chi connectivity index (χ1) is 14.0. The van der Waals surface area contributed by atoms with E-state index < -0.39 is 6.10 Å². The van der Waals surface area contributed by atoms with Crippen LogP contribution in [-0.2, 0) is 0 Å². The second kappa shape index (κ2) is 10.8. The van der Waals surface area contributed by atoms with Crippen molar-refractivity contribution in [3.63, 3.8) is 0 Å². The zero-order chi connectivity index (χ0) is 20.6. The molecule has 29 heavy (non-hydrogen) atoms. The number of benzene rings is 1. The van der Waals surface area contributed by atoms with Gasteiger partial charge in [0.15, 0.2) is 0 Å². The van der Waals surface area contributed by atoms with Crippen molar-refractivity contribution in [1.29, 1.82) is 0 Å². The maximum absolute atomic E-state index is 11.5. The second-order valence-electron chi connectivity index (χ2n) is 8.20. The highest BCUT2D eigenvalue weighted by molar-refractivity contribution is 5.87. The minimum absolute atomic E-state index is 0.0114. The summed E-state index contributed by atoms with van der Waals surface area (Å²) in [6.45, 7) is 9.07. The number of phenols is 1. The zero-order valence-corrected chi connectivity index (χ0v) is 17.2. The third-order valence-corrected chi connectivity index (χ3v) is 5.89. The Bertz CT molecular complexity index is 828. The summed E-state index contributed by atoms with van der Waals surface area (Å²) in [6.07, 6.45) is 6.56. The summed E-state index contributed by atoms with van der Waals surface area (Å²) in [5, 5.41) is 24.5. The number of rotatable bonds is 10. The molecule has 1 aliphatic heterocycles. The zero-order valence-electron chi connectivity index (χ0n) is 17.2. The van der Waals surface area contributed by atoms with Crippen LogP contribution in [0.1, 0.15) is 50.2 Å². The molecule has 6 nitrogen and oxygen atoms in total. The van der Waals surface area contributed by atoms with Gasteiger partial charge in [-0.2, -0.15) is 0 Å². The maximum Gasteiger partial charge on any atom is 0.248 e. The standard InChI is InChI=1S/C23H34N3O3/c1-17-10-14-26(15-11-17)13-5-3-2-4-12-24-16-21(28)18-6-8-20(27)23-19(18)7-9-22(29)25-23/h6-9,17,21,24,27-28H,1-5,10-16H2,(H,25,29). The van der Waals surface area contributed by atoms with E-state index in [-0.39, 0.29) is 11.3 Å². The summed E-state index contributed by atoms with van der Waals surface area (Å²) in [6, 6.07) is 6.27. The van der Waals surface area contributed by atoms with Crippen LogP contribution in [0.3, 0.4) is 0 Å². The fourth-order valence-electron chi connectivity index (χ4n) is 4.05. The third-order valence-electron chi connectivity index (χ3n) is 5.89. The van der Waals surface area contributed by atoms with Crippen molar-refractivity contribution in [2.24, 2.45) is 5.92 Å². The van der Waals surface area contributed by atoms with Crippen molar-refractivity contribution < 1.29 is 10.2 Å². The van der Waals surface area contributed by atoms with Crippen LogP contribution in [0.25, 0.3) is 10.9 Å². The van der Waals surface area contributed by atoms with Crippen molar-refractivity contribution in [2.45, 2.75) is 44.6 Å². The molecule has 2 heterocycles. The minimum atomic E-state index is -0.694. The second-order valence-corrected chi connectivity index (χ2v) is 8.20. The number of phenolic OH excluding ortho intramolecular Hbond substituents is 1. The van der Waals surface area contributed by atoms with Gasteiger partial charge in [0.25, 0.3) is 0 Å². The van der Waals surface area contributed by atoms with Gasteiger partial charge in [-0.25, -0.2) is 0 Å². The van der Waals surface area contributed by atoms with E-state index in [0.717, 1.165) is 13.0 Å². The van der Waals surface area contributed by atoms with E-state index in [4.69, 9.17) is 0 Å². The fourth-order valence-corrected chi connectivity index (χ4v) is 4.05. The Morgan fingerprint density at radius 2 is 1.90 bits per heavy atom. The summed E-state index contributed by atoms with van der Waals surface area (Å²) >= 11 is 0. The van der Waals surface area contributed by atoms with Crippen LogP contribution in [0.4, 0.5) is 0 Å². The molecule has 0 aliphatic carbocycles. The van der Waals surface area contributed by atoms with Gasteiger partial charge >= 0.3 is 0 Å². The van der Waals surface area contributed by atoms with Crippen molar-refractivity contribution in [2.75, 3.05) is 32.7 Å². The number of nitrogens with one attached hydrogen (secondary N) is 2. The molecule has 3 rings (SSSR count). The molecule has 1 radical (unpaired) electrons. The lowest BCUT2D eigenvalue weighted by Crippen LogP contribution is -2.33. The van der Waals surface area contributed by atoms with E-state index in [1.807, 2.05) is 0 Å². The van der Waals surface area contributed by atoms with E-state index in [1.165, 1.54) is 63.9 Å². The Labute approximate surface area is 172 Å². The van der Waals surface area contributed by atoms with Gasteiger partial charge in [-0.05, 0) is 75.5 Å². The van der Waals surface area contributed by atoms with Gasteiger partial charge in [0.05, 0.1) is 11.6 Å². The molecule has 1 unspecified atom stereocenters. The van der Waals surface area contributed by atoms with Gasteiger partial charge in [0, 0.05) is 18.0 Å². The highest BCUT2D eigenvalue weighted by Gasteiger charge is 2.15. The van der Waals surface area contributed by atoms with Crippen molar-refractivity contribution in [1.82, 2.24) is 15.2 Å². The fraction of sp³-hybridized carbons (Fsp3) is 0.565. The van der Waals surface area contributed by atoms with E-state index in [9.17, 15) is 15.0 Å². The van der Waals surface area contributed by atoms with Crippen LogP contribution < -0.4 is 10.9 Å². The van der Waals surface area contributed by atoms with Gasteiger partial charge in [0.1, 0.15) is 5.75 Å². The molecule has 1 aromatic carbocycles. The van der Waals surface area contributed by atoms with Crippen LogP contribution >= 0.6 is 0 Å². The number of likely N-dealkylation sites (tertiary alicyclic amines) is 1. The molecular weight excluding hydrogens is 366 g/mol. The number of aliphatic hydroxyl groups is 1. The molecular formula is C23H34N3O3. The van der Waals surface area contributed by atoms with Gasteiger partial charge in [-0.1, -0.05) is 25.8 Å². The Kier molecular flexibility index (Phi) is 8.09. The number of fused-ring (bicyclic) bond motifs is 1. The lowest BCUT2D eigenvalue weighted by atomic mass is 9.99. The van der Waals surface area contributed by atoms with Crippen LogP contribution in [0, 0.1) is 12.8 Å². The normalized spacial score (nSPS) is 17.0. The summed E-state index contributed by atoms with van der Waals surface area (Å²) < 4.78 is 0. The highest BCUT2D eigenvalue weighted by atomic mass is 16.3. The predicted molar refractivity (Wildman–Crippen MR) is 117 cm³/mol. The molecule has 0 saturated carbocycles. The summed E-state index contributed by atoms with van der Waals surface area (Å²) in [5.41, 5.74) is 0.797. The minimum Gasteiger partial charge on any atom is -0.506 e. The molecule has 0 spiro atoms. The number of aromatic hydroxyl groups is 1. The smallest absolute Gasteiger partial charge is 0.248 e. The average Bonchev–Trinajstić information content (AvgIpc) is 2.72. The maximum atomic E-state index is 11.5. The first-order valence-corrected chi connectivity index (χ1v) is 10.8. The Morgan fingerprint density at radius 1 is 1.14 bits per heavy atom. The SMILES string of the molecule is [CH2]C1CCN(CCCCCCNCC(O)c2ccc(O)c3[nH]c(=O)ccc23)CC1. The van der Waals surface area contributed by atoms with E-state index in [2.05, 4.69) is 22.1 Å². The molecule has 4 N–H and O–H groups in total. The third kappa shape index (κ3) is 6.29. The van der Waals surface area contributed by atoms with Crippen LogP contribution in [-0.4, -0.2) is 52.8 Å². The Morgan fingerprint density at radius 3 is 2.69 bits per heavy atom. The monoisotopic (exact) mass is 400 g/mol. The molecule has 1 saturated heterocycles. The Hall–Kier alpha value is -1.89. The average molecular weight is 401 g/mol. The number of nitrogens with zero attached hydrogens (tertiary/aromatic N) is 1. The number of aromatic nitrogens is 1. The number of H-pyrrole nitrogens is 1. The summed E-state index contributed by atoms with van der Waals surface area (Å²) in [4.78, 5) is 16.7. The van der Waals surface area contributed by atoms with Gasteiger partial charge in [0.2, 0.25) is 5.56 Å². The van der Waals surface area contributed by atoms with E-state index >= 15 is 0 Å². The first-order valence-electron chi connectivity index (χ1n) is 10.8. The van der Waals surface area contributed by atoms with Crippen LogP contribution in [0.2, 0.25) is 0 Å². The number of pyridine rings is 1. The first kappa shape index (κ1) is 21.8. The molecule has 0 bridgehead atoms. The van der Waals surface area contributed by atoms with Gasteiger partial charge in [-0.15, -0.1) is 0 Å². The molecule has 1 fully saturated rings. The van der Waals surface area contributed by atoms with Gasteiger partial charge in [-0.3, -0.25) is 4.79 Å². The topological polar surface area (TPSA) is 88.6 Å². The predicted octanol–water partition coefficient (Wildman–Crippen LogP) is 2.96. The Balaban J connectivity index is 1.33. The molecule has 1 aliphatic rings. The summed E-state index contributed by atoms with van der Waals surface area (Å²) in [7, 11) is 0. The molecule has 1 atom stereocenters. The van der Waals surface area contributed by atoms with Crippen LogP contribution in [0.15, 0.2) is 29.1 Å². The van der Waals surface area contributed by atoms with E-state index in [0.29, 0.717) is 28.9 Å². The lowest BCUT2D eigenvalue weighted by molar-refractivity contribution is 0.176. The largest absolute Gasteiger partial charge is 0.506 e. The number of aliphatic hydroxyl groups excluding tert-OH is 1. The molecule has 2 aromatic rings. The van der Waals surface area contributed by atoms with E-state index in [1.54, 1.807) is 12.1 Å². The quantitative estimate of drug-likeness (QED) is 0.461. The molecule has 1 aromatic heterocycles. The van der Waals surface area contributed by atoms with Crippen molar-refractivity contribution in [3.8, 4) is 5.75 Å². The molecule has 159 valence electrons. The van der Waals surface area contributed by atoms with Crippen molar-refractivity contribution >= 4 is 10.9 Å². The molecule has 0 amide bonds. The number of unbranched alkanes of at least 4 members (excludes halogenated alkanes) is 3. The van der Waals surface area contributed by atoms with Crippen molar-refractivity contribution in [3.05, 3.63) is 47.1 Å². The van der Waals surface area contributed by atoms with Crippen LogP contribution in [0.5, 0.6) is 5.75 Å². The number of piperidine rings is 1. The number of hydrogen-bond donors (Lipinski definition) is 4. The number of hydrogen-bond acceptors (Lipinski definition) is 5. The number of aromatic amines is 1. The highest BCUT2D eigenvalue weighted by Crippen LogP contribution is 2.28. The van der Waals surface area contributed by atoms with Gasteiger partial charge < -0.3 is 25.4 Å². The molecule has 6 heteroatoms. The summed E-state index contributed by atoms with van der Waals surface area (Å²) in [5.74, 6) is 0.659. The lowest BCUT2D eigenvalue weighted by Gasteiger charge is -2.30.